The quantitative estimate of drug-likeness (QED) is 0.780. The van der Waals surface area contributed by atoms with Crippen LogP contribution in [0.2, 0.25) is 0 Å². The van der Waals surface area contributed by atoms with Crippen LogP contribution in [0.5, 0.6) is 0 Å². The van der Waals surface area contributed by atoms with Crippen LogP contribution in [0.3, 0.4) is 0 Å². The number of fused-ring (bicyclic) bond motifs is 1. The second-order valence-electron chi connectivity index (χ2n) is 5.08. The molecule has 1 aliphatic rings. The average molecular weight is 253 g/mol. The van der Waals surface area contributed by atoms with Crippen LogP contribution in [0, 0.1) is 0 Å². The van der Waals surface area contributed by atoms with Gasteiger partial charge in [-0.25, -0.2) is 4.98 Å². The van der Waals surface area contributed by atoms with E-state index >= 15 is 0 Å². The molecule has 4 nitrogen and oxygen atoms in total. The van der Waals surface area contributed by atoms with Gasteiger partial charge in [0.1, 0.15) is 12.1 Å². The summed E-state index contributed by atoms with van der Waals surface area (Å²) in [7, 11) is 0. The standard InChI is InChI=1S/C15H15N3O/c16-8-10-1-4-14-13(7-10)17-15(11-5-6-19-9-11)18(14)12-2-3-12/h1,4-7,9,12H,2-3,8,16H2. The van der Waals surface area contributed by atoms with E-state index < -0.39 is 0 Å². The molecule has 0 atom stereocenters. The number of rotatable bonds is 3. The lowest BCUT2D eigenvalue weighted by molar-refractivity contribution is 0.567. The first-order chi connectivity index (χ1) is 9.36. The van der Waals surface area contributed by atoms with Crippen molar-refractivity contribution in [1.82, 2.24) is 9.55 Å². The summed E-state index contributed by atoms with van der Waals surface area (Å²) in [6.07, 6.45) is 5.91. The Balaban J connectivity index is 1.98. The lowest BCUT2D eigenvalue weighted by Crippen LogP contribution is -1.97. The predicted octanol–water partition coefficient (Wildman–Crippen LogP) is 3.09. The van der Waals surface area contributed by atoms with Gasteiger partial charge in [-0.15, -0.1) is 0 Å². The molecule has 3 aromatic rings. The zero-order valence-electron chi connectivity index (χ0n) is 10.5. The number of hydrogen-bond acceptors (Lipinski definition) is 3. The van der Waals surface area contributed by atoms with Crippen LogP contribution in [-0.4, -0.2) is 9.55 Å². The molecule has 0 radical (unpaired) electrons. The van der Waals surface area contributed by atoms with E-state index in [1.54, 1.807) is 12.5 Å². The Morgan fingerprint density at radius 1 is 1.32 bits per heavy atom. The van der Waals surface area contributed by atoms with Crippen molar-refractivity contribution in [3.63, 3.8) is 0 Å². The van der Waals surface area contributed by atoms with Gasteiger partial charge in [-0.1, -0.05) is 6.07 Å². The van der Waals surface area contributed by atoms with Crippen LogP contribution in [0.25, 0.3) is 22.4 Å². The highest BCUT2D eigenvalue weighted by atomic mass is 16.3. The van der Waals surface area contributed by atoms with Gasteiger partial charge < -0.3 is 14.7 Å². The topological polar surface area (TPSA) is 57.0 Å². The first kappa shape index (κ1) is 10.8. The van der Waals surface area contributed by atoms with Crippen LogP contribution in [0.15, 0.2) is 41.2 Å². The summed E-state index contributed by atoms with van der Waals surface area (Å²) in [5, 5.41) is 0. The maximum absolute atomic E-state index is 5.70. The summed E-state index contributed by atoms with van der Waals surface area (Å²) in [4.78, 5) is 4.77. The number of imidazole rings is 1. The summed E-state index contributed by atoms with van der Waals surface area (Å²) in [6.45, 7) is 0.549. The van der Waals surface area contributed by atoms with Crippen LogP contribution in [0.4, 0.5) is 0 Å². The number of aromatic nitrogens is 2. The van der Waals surface area contributed by atoms with Crippen molar-refractivity contribution in [2.45, 2.75) is 25.4 Å². The highest BCUT2D eigenvalue weighted by Gasteiger charge is 2.28. The Morgan fingerprint density at radius 2 is 2.21 bits per heavy atom. The fourth-order valence-electron chi connectivity index (χ4n) is 2.57. The van der Waals surface area contributed by atoms with Crippen molar-refractivity contribution in [3.8, 4) is 11.4 Å². The van der Waals surface area contributed by atoms with E-state index in [2.05, 4.69) is 22.8 Å². The first-order valence-corrected chi connectivity index (χ1v) is 6.60. The van der Waals surface area contributed by atoms with Gasteiger partial charge in [-0.3, -0.25) is 0 Å². The van der Waals surface area contributed by atoms with Crippen LogP contribution < -0.4 is 5.73 Å². The molecule has 2 N–H and O–H groups in total. The van der Waals surface area contributed by atoms with Crippen LogP contribution in [-0.2, 0) is 6.54 Å². The number of hydrogen-bond donors (Lipinski definition) is 1. The van der Waals surface area contributed by atoms with Gasteiger partial charge in [0.2, 0.25) is 0 Å². The largest absolute Gasteiger partial charge is 0.472 e. The SMILES string of the molecule is NCc1ccc2c(c1)nc(-c1ccoc1)n2C1CC1. The van der Waals surface area contributed by atoms with E-state index in [-0.39, 0.29) is 0 Å². The van der Waals surface area contributed by atoms with E-state index in [1.807, 2.05) is 6.07 Å². The third kappa shape index (κ3) is 1.68. The Hall–Kier alpha value is -2.07. The summed E-state index contributed by atoms with van der Waals surface area (Å²) in [5.74, 6) is 1.00. The van der Waals surface area contributed by atoms with Gasteiger partial charge in [-0.2, -0.15) is 0 Å². The lowest BCUT2D eigenvalue weighted by Gasteiger charge is -2.05. The summed E-state index contributed by atoms with van der Waals surface area (Å²) in [5.41, 5.74) is 10.1. The summed E-state index contributed by atoms with van der Waals surface area (Å²) >= 11 is 0. The molecule has 0 aliphatic heterocycles. The first-order valence-electron chi connectivity index (χ1n) is 6.60. The number of benzene rings is 1. The van der Waals surface area contributed by atoms with Crippen molar-refractivity contribution < 1.29 is 4.42 Å². The molecule has 0 saturated heterocycles. The monoisotopic (exact) mass is 253 g/mol. The van der Waals surface area contributed by atoms with E-state index in [4.69, 9.17) is 15.1 Å². The minimum absolute atomic E-state index is 0.549. The number of nitrogens with two attached hydrogens (primary N) is 1. The maximum Gasteiger partial charge on any atom is 0.144 e. The molecule has 4 rings (SSSR count). The van der Waals surface area contributed by atoms with E-state index in [0.717, 1.165) is 22.5 Å². The Labute approximate surface area is 110 Å². The molecule has 19 heavy (non-hydrogen) atoms. The maximum atomic E-state index is 5.70. The van der Waals surface area contributed by atoms with Gasteiger partial charge in [0.05, 0.1) is 22.9 Å². The van der Waals surface area contributed by atoms with E-state index in [1.165, 1.54) is 18.4 Å². The Kier molecular flexibility index (Phi) is 2.26. The van der Waals surface area contributed by atoms with E-state index in [9.17, 15) is 0 Å². The molecule has 0 unspecified atom stereocenters. The molecule has 1 aromatic carbocycles. The van der Waals surface area contributed by atoms with E-state index in [0.29, 0.717) is 12.6 Å². The molecule has 1 saturated carbocycles. The smallest absolute Gasteiger partial charge is 0.144 e. The van der Waals surface area contributed by atoms with Gasteiger partial charge in [-0.05, 0) is 36.6 Å². The number of nitrogens with zero attached hydrogens (tertiary/aromatic N) is 2. The lowest BCUT2D eigenvalue weighted by atomic mass is 10.2. The van der Waals surface area contributed by atoms with Crippen molar-refractivity contribution >= 4 is 11.0 Å². The van der Waals surface area contributed by atoms with Gasteiger partial charge in [0, 0.05) is 12.6 Å². The van der Waals surface area contributed by atoms with Crippen molar-refractivity contribution in [2.24, 2.45) is 5.73 Å². The van der Waals surface area contributed by atoms with Crippen LogP contribution in [0.1, 0.15) is 24.4 Å². The summed E-state index contributed by atoms with van der Waals surface area (Å²) < 4.78 is 7.53. The van der Waals surface area contributed by atoms with Crippen molar-refractivity contribution in [2.75, 3.05) is 0 Å². The molecule has 2 aromatic heterocycles. The Morgan fingerprint density at radius 3 is 2.89 bits per heavy atom. The highest BCUT2D eigenvalue weighted by Crippen LogP contribution is 2.41. The zero-order chi connectivity index (χ0) is 12.8. The third-order valence-corrected chi connectivity index (χ3v) is 3.68. The molecule has 96 valence electrons. The molecule has 1 fully saturated rings. The molecular weight excluding hydrogens is 238 g/mol. The molecule has 0 amide bonds. The minimum Gasteiger partial charge on any atom is -0.472 e. The second kappa shape index (κ2) is 3.96. The molecule has 0 spiro atoms. The molecule has 4 heteroatoms. The fraction of sp³-hybridized carbons (Fsp3) is 0.267. The Bertz CT molecular complexity index is 723. The van der Waals surface area contributed by atoms with Gasteiger partial charge >= 0.3 is 0 Å². The van der Waals surface area contributed by atoms with Crippen molar-refractivity contribution in [1.29, 1.82) is 0 Å². The van der Waals surface area contributed by atoms with Crippen LogP contribution >= 0.6 is 0 Å². The average Bonchev–Trinajstić information content (AvgIpc) is 3.01. The normalized spacial score (nSPS) is 15.2. The molecule has 0 bridgehead atoms. The minimum atomic E-state index is 0.549. The molecule has 1 aliphatic carbocycles. The molecule has 2 heterocycles. The van der Waals surface area contributed by atoms with Gasteiger partial charge in [0.25, 0.3) is 0 Å². The predicted molar refractivity (Wildman–Crippen MR) is 73.6 cm³/mol. The van der Waals surface area contributed by atoms with Crippen molar-refractivity contribution in [3.05, 3.63) is 42.4 Å². The van der Waals surface area contributed by atoms with Gasteiger partial charge in [0.15, 0.2) is 0 Å². The third-order valence-electron chi connectivity index (χ3n) is 3.68. The number of furan rings is 1. The molecular formula is C15H15N3O. The second-order valence-corrected chi connectivity index (χ2v) is 5.08. The highest BCUT2D eigenvalue weighted by molar-refractivity contribution is 5.81. The summed E-state index contributed by atoms with van der Waals surface area (Å²) in [6, 6.07) is 8.84. The zero-order valence-corrected chi connectivity index (χ0v) is 10.5. The fourth-order valence-corrected chi connectivity index (χ4v) is 2.57.